The van der Waals surface area contributed by atoms with Gasteiger partial charge >= 0.3 is 5.97 Å². The molecule has 0 saturated carbocycles. The highest BCUT2D eigenvalue weighted by Gasteiger charge is 2.38. The van der Waals surface area contributed by atoms with Gasteiger partial charge in [0.25, 0.3) is 0 Å². The van der Waals surface area contributed by atoms with E-state index in [1.807, 2.05) is 61.5 Å². The Morgan fingerprint density at radius 2 is 2.00 bits per heavy atom. The minimum atomic E-state index is -0.354. The highest BCUT2D eigenvalue weighted by Crippen LogP contribution is 2.41. The van der Waals surface area contributed by atoms with Crippen molar-refractivity contribution in [3.05, 3.63) is 77.0 Å². The molecule has 1 N–H and O–H groups in total. The van der Waals surface area contributed by atoms with Gasteiger partial charge in [-0.05, 0) is 42.5 Å². The van der Waals surface area contributed by atoms with Crippen LogP contribution in [0.4, 0.5) is 5.69 Å². The molecular formula is C26H29N3O3S. The molecule has 1 atom stereocenters. The largest absolute Gasteiger partial charge is 0.466 e. The Morgan fingerprint density at radius 1 is 1.18 bits per heavy atom. The second kappa shape index (κ2) is 10.7. The van der Waals surface area contributed by atoms with Crippen LogP contribution in [0.15, 0.2) is 70.9 Å². The quantitative estimate of drug-likeness (QED) is 0.589. The van der Waals surface area contributed by atoms with E-state index in [9.17, 15) is 9.59 Å². The fraction of sp³-hybridized carbons (Fsp3) is 0.346. The average Bonchev–Trinajstić information content (AvgIpc) is 2.86. The van der Waals surface area contributed by atoms with E-state index in [0.29, 0.717) is 24.8 Å². The van der Waals surface area contributed by atoms with E-state index in [1.165, 1.54) is 7.11 Å². The maximum absolute atomic E-state index is 12.8. The Bertz CT molecular complexity index is 1080. The Morgan fingerprint density at radius 3 is 2.76 bits per heavy atom. The van der Waals surface area contributed by atoms with Crippen LogP contribution in [-0.2, 0) is 20.7 Å². The molecule has 2 aliphatic rings. The molecule has 4 rings (SSSR count). The number of esters is 1. The predicted octanol–water partition coefficient (Wildman–Crippen LogP) is 4.94. The summed E-state index contributed by atoms with van der Waals surface area (Å²) in [6.45, 7) is 2.83. The van der Waals surface area contributed by atoms with Crippen LogP contribution in [0.2, 0.25) is 0 Å². The normalized spacial score (nSPS) is 17.8. The lowest BCUT2D eigenvalue weighted by atomic mass is 9.93. The van der Waals surface area contributed by atoms with Crippen molar-refractivity contribution in [3.8, 4) is 0 Å². The number of carbonyl (C=O) groups excluding carboxylic acids is 2. The van der Waals surface area contributed by atoms with Crippen molar-refractivity contribution in [1.82, 2.24) is 4.90 Å². The molecule has 1 amide bonds. The number of anilines is 1. The van der Waals surface area contributed by atoms with Crippen LogP contribution < -0.4 is 5.32 Å². The number of fused-ring (bicyclic) bond motifs is 1. The van der Waals surface area contributed by atoms with E-state index in [4.69, 9.17) is 9.73 Å². The van der Waals surface area contributed by atoms with Gasteiger partial charge < -0.3 is 15.0 Å². The number of carbonyl (C=O) groups is 2. The summed E-state index contributed by atoms with van der Waals surface area (Å²) in [6, 6.07) is 17.5. The van der Waals surface area contributed by atoms with Gasteiger partial charge in [0, 0.05) is 24.4 Å². The van der Waals surface area contributed by atoms with Gasteiger partial charge in [0.1, 0.15) is 0 Å². The smallest absolute Gasteiger partial charge is 0.338 e. The topological polar surface area (TPSA) is 71.0 Å². The molecule has 1 saturated heterocycles. The number of allylic oxidation sites excluding steroid dienone is 1. The monoisotopic (exact) mass is 463 g/mol. The number of nitrogens with one attached hydrogen (secondary N) is 1. The number of rotatable bonds is 7. The van der Waals surface area contributed by atoms with Crippen molar-refractivity contribution < 1.29 is 14.3 Å². The molecule has 2 aromatic carbocycles. The van der Waals surface area contributed by atoms with Gasteiger partial charge in [0.2, 0.25) is 5.91 Å². The van der Waals surface area contributed by atoms with Gasteiger partial charge in [-0.1, -0.05) is 61.2 Å². The number of ether oxygens (including phenoxy) is 1. The molecule has 172 valence electrons. The third-order valence-electron chi connectivity index (χ3n) is 5.86. The number of amides is 1. The molecule has 1 fully saturated rings. The molecule has 0 radical (unpaired) electrons. The lowest BCUT2D eigenvalue weighted by Crippen LogP contribution is -2.42. The Balaban J connectivity index is 1.58. The zero-order valence-corrected chi connectivity index (χ0v) is 19.9. The van der Waals surface area contributed by atoms with Crippen molar-refractivity contribution in [2.45, 2.75) is 38.6 Å². The van der Waals surface area contributed by atoms with E-state index in [0.717, 1.165) is 46.4 Å². The van der Waals surface area contributed by atoms with Gasteiger partial charge in [0.05, 0.1) is 24.4 Å². The zero-order valence-electron chi connectivity index (χ0n) is 19.0. The summed E-state index contributed by atoms with van der Waals surface area (Å²) in [6.07, 6.45) is 2.76. The molecule has 2 aromatic rings. The van der Waals surface area contributed by atoms with Gasteiger partial charge in [-0.25, -0.2) is 9.79 Å². The maximum atomic E-state index is 12.8. The number of aliphatic imine (C=N–C) groups is 1. The summed E-state index contributed by atoms with van der Waals surface area (Å²) in [4.78, 5) is 32.4. The third-order valence-corrected chi connectivity index (χ3v) is 6.93. The Kier molecular flexibility index (Phi) is 7.50. The first kappa shape index (κ1) is 23.1. The fourth-order valence-electron chi connectivity index (χ4n) is 4.27. The average molecular weight is 464 g/mol. The number of methoxy groups -OCH3 is 1. The van der Waals surface area contributed by atoms with E-state index in [-0.39, 0.29) is 17.9 Å². The number of hydrogen-bond donors (Lipinski definition) is 1. The second-order valence-electron chi connectivity index (χ2n) is 8.06. The molecule has 6 nitrogen and oxygen atoms in total. The van der Waals surface area contributed by atoms with Crippen LogP contribution in [0.5, 0.6) is 0 Å². The lowest BCUT2D eigenvalue weighted by molar-refractivity contribution is -0.137. The molecule has 7 heteroatoms. The summed E-state index contributed by atoms with van der Waals surface area (Å²) < 4.78 is 5.15. The standard InChI is InChI=1S/C26H29N3O3S/c1-3-21-23(25(31)32-2)24(29-15-8-16-33-26(29)28-21)19-11-7-12-20(17-19)27-22(30)14-13-18-9-5-4-6-10-18/h4-7,9-12,17,24H,3,8,13-16H2,1-2H3,(H,27,30)/t24-/m1/s1. The van der Waals surface area contributed by atoms with E-state index in [2.05, 4.69) is 10.2 Å². The zero-order chi connectivity index (χ0) is 23.2. The molecule has 0 spiro atoms. The predicted molar refractivity (Wildman–Crippen MR) is 133 cm³/mol. The molecular weight excluding hydrogens is 434 g/mol. The molecule has 33 heavy (non-hydrogen) atoms. The van der Waals surface area contributed by atoms with Crippen LogP contribution in [0, 0.1) is 0 Å². The van der Waals surface area contributed by atoms with E-state index in [1.54, 1.807) is 11.8 Å². The summed E-state index contributed by atoms with van der Waals surface area (Å²) in [5.41, 5.74) is 4.15. The number of nitrogens with zero attached hydrogens (tertiary/aromatic N) is 2. The number of thioether (sulfide) groups is 1. The van der Waals surface area contributed by atoms with Crippen LogP contribution in [0.3, 0.4) is 0 Å². The van der Waals surface area contributed by atoms with E-state index < -0.39 is 0 Å². The first-order valence-corrected chi connectivity index (χ1v) is 12.3. The van der Waals surface area contributed by atoms with Gasteiger partial charge in [0.15, 0.2) is 5.17 Å². The van der Waals surface area contributed by atoms with Gasteiger partial charge in [-0.2, -0.15) is 0 Å². The van der Waals surface area contributed by atoms with Crippen molar-refractivity contribution in [2.75, 3.05) is 24.7 Å². The minimum absolute atomic E-state index is 0.0339. The summed E-state index contributed by atoms with van der Waals surface area (Å²) >= 11 is 1.73. The van der Waals surface area contributed by atoms with Gasteiger partial charge in [-0.15, -0.1) is 0 Å². The van der Waals surface area contributed by atoms with Crippen molar-refractivity contribution in [1.29, 1.82) is 0 Å². The summed E-state index contributed by atoms with van der Waals surface area (Å²) in [5.74, 6) is 0.630. The van der Waals surface area contributed by atoms with Crippen LogP contribution >= 0.6 is 11.8 Å². The van der Waals surface area contributed by atoms with Gasteiger partial charge in [-0.3, -0.25) is 4.79 Å². The third kappa shape index (κ3) is 5.30. The molecule has 0 aromatic heterocycles. The summed E-state index contributed by atoms with van der Waals surface area (Å²) in [5, 5.41) is 3.97. The van der Waals surface area contributed by atoms with Crippen LogP contribution in [0.1, 0.15) is 43.4 Å². The summed E-state index contributed by atoms with van der Waals surface area (Å²) in [7, 11) is 1.41. The first-order valence-electron chi connectivity index (χ1n) is 11.3. The van der Waals surface area contributed by atoms with Crippen molar-refractivity contribution in [3.63, 3.8) is 0 Å². The molecule has 0 bridgehead atoms. The fourth-order valence-corrected chi connectivity index (χ4v) is 5.26. The van der Waals surface area contributed by atoms with Crippen molar-refractivity contribution in [2.24, 2.45) is 4.99 Å². The van der Waals surface area contributed by atoms with Crippen LogP contribution in [0.25, 0.3) is 0 Å². The first-order chi connectivity index (χ1) is 16.1. The highest BCUT2D eigenvalue weighted by atomic mass is 32.2. The van der Waals surface area contributed by atoms with Crippen molar-refractivity contribution >= 4 is 34.5 Å². The number of hydrogen-bond acceptors (Lipinski definition) is 6. The lowest BCUT2D eigenvalue weighted by Gasteiger charge is -2.40. The molecule has 2 heterocycles. The highest BCUT2D eigenvalue weighted by molar-refractivity contribution is 8.13. The maximum Gasteiger partial charge on any atom is 0.338 e. The number of benzene rings is 2. The Hall–Kier alpha value is -3.06. The SMILES string of the molecule is CCC1=C(C(=O)OC)[C@@H](c2cccc(NC(=O)CCc3ccccc3)c2)N2CCCSC2=N1. The molecule has 0 unspecified atom stereocenters. The molecule has 2 aliphatic heterocycles. The van der Waals surface area contributed by atoms with E-state index >= 15 is 0 Å². The molecule has 0 aliphatic carbocycles. The Labute approximate surface area is 199 Å². The number of amidine groups is 1. The number of aryl methyl sites for hydroxylation is 1. The second-order valence-corrected chi connectivity index (χ2v) is 9.12. The minimum Gasteiger partial charge on any atom is -0.466 e. The van der Waals surface area contributed by atoms with Crippen LogP contribution in [-0.4, -0.2) is 41.4 Å².